The topological polar surface area (TPSA) is 79.8 Å². The molecular formula is C19H19N3O4S2. The highest BCUT2D eigenvalue weighted by Crippen LogP contribution is 2.24. The number of benzene rings is 2. The highest BCUT2D eigenvalue weighted by atomic mass is 32.2. The van der Waals surface area contributed by atoms with E-state index in [2.05, 4.69) is 4.98 Å². The molecule has 0 aliphatic carbocycles. The number of amides is 1. The lowest BCUT2D eigenvalue weighted by atomic mass is 10.3. The summed E-state index contributed by atoms with van der Waals surface area (Å²) in [5.41, 5.74) is 2.49. The minimum atomic E-state index is -3.59. The van der Waals surface area contributed by atoms with E-state index in [1.807, 2.05) is 18.2 Å². The van der Waals surface area contributed by atoms with Crippen LogP contribution in [0.4, 0.5) is 0 Å². The molecule has 0 spiro atoms. The van der Waals surface area contributed by atoms with Crippen LogP contribution in [-0.2, 0) is 14.8 Å². The maximum absolute atomic E-state index is 12.9. The van der Waals surface area contributed by atoms with Crippen molar-refractivity contribution >= 4 is 37.5 Å². The zero-order chi connectivity index (χ0) is 19.6. The van der Waals surface area contributed by atoms with Gasteiger partial charge in [-0.3, -0.25) is 4.79 Å². The van der Waals surface area contributed by atoms with E-state index in [0.29, 0.717) is 18.8 Å². The van der Waals surface area contributed by atoms with Gasteiger partial charge in [0.2, 0.25) is 10.0 Å². The fourth-order valence-electron chi connectivity index (χ4n) is 3.08. The average molecular weight is 418 g/mol. The van der Waals surface area contributed by atoms with Crippen LogP contribution >= 0.6 is 11.3 Å². The number of piperazine rings is 1. The maximum Gasteiger partial charge on any atom is 0.260 e. The van der Waals surface area contributed by atoms with E-state index in [0.717, 1.165) is 10.2 Å². The van der Waals surface area contributed by atoms with Gasteiger partial charge in [-0.25, -0.2) is 13.4 Å². The number of hydrogen-bond donors (Lipinski definition) is 0. The van der Waals surface area contributed by atoms with Crippen LogP contribution in [0.25, 0.3) is 10.2 Å². The van der Waals surface area contributed by atoms with Crippen LogP contribution in [-0.4, -0.2) is 61.3 Å². The van der Waals surface area contributed by atoms with Gasteiger partial charge in [-0.15, -0.1) is 11.3 Å². The maximum atomic E-state index is 12.9. The van der Waals surface area contributed by atoms with Crippen LogP contribution in [0.3, 0.4) is 0 Å². The number of nitrogens with zero attached hydrogens (tertiary/aromatic N) is 3. The predicted octanol–water partition coefficient (Wildman–Crippen LogP) is 2.21. The fourth-order valence-corrected chi connectivity index (χ4v) is 5.32. The first-order valence-corrected chi connectivity index (χ1v) is 11.1. The molecule has 1 amide bonds. The van der Waals surface area contributed by atoms with Crippen molar-refractivity contribution in [2.75, 3.05) is 32.8 Å². The summed E-state index contributed by atoms with van der Waals surface area (Å²) in [6.07, 6.45) is 0. The van der Waals surface area contributed by atoms with E-state index in [-0.39, 0.29) is 30.5 Å². The largest absolute Gasteiger partial charge is 0.484 e. The minimum Gasteiger partial charge on any atom is -0.484 e. The molecule has 0 saturated carbocycles. The van der Waals surface area contributed by atoms with Gasteiger partial charge >= 0.3 is 0 Å². The highest BCUT2D eigenvalue weighted by Gasteiger charge is 2.30. The molecule has 0 N–H and O–H groups in total. The molecule has 0 unspecified atom stereocenters. The molecule has 0 radical (unpaired) electrons. The summed E-state index contributed by atoms with van der Waals surface area (Å²) < 4.78 is 33.6. The van der Waals surface area contributed by atoms with Crippen LogP contribution in [0.5, 0.6) is 5.75 Å². The van der Waals surface area contributed by atoms with Crippen LogP contribution in [0, 0.1) is 0 Å². The summed E-state index contributed by atoms with van der Waals surface area (Å²) >= 11 is 1.41. The summed E-state index contributed by atoms with van der Waals surface area (Å²) in [6, 6.07) is 14.1. The molecule has 2 heterocycles. The van der Waals surface area contributed by atoms with Gasteiger partial charge in [0.05, 0.1) is 20.6 Å². The van der Waals surface area contributed by atoms with Crippen molar-refractivity contribution in [2.45, 2.75) is 4.90 Å². The molecule has 1 aliphatic rings. The van der Waals surface area contributed by atoms with Gasteiger partial charge in [-0.2, -0.15) is 4.31 Å². The first kappa shape index (κ1) is 18.9. The lowest BCUT2D eigenvalue weighted by Crippen LogP contribution is -2.51. The number of rotatable bonds is 5. The average Bonchev–Trinajstić information content (AvgIpc) is 3.21. The first-order valence-electron chi connectivity index (χ1n) is 8.83. The SMILES string of the molecule is O=C(COc1ccccc1)N1CCN(S(=O)(=O)c2ccc3ncsc3c2)CC1. The number of carbonyl (C=O) groups is 1. The number of fused-ring (bicyclic) bond motifs is 1. The summed E-state index contributed by atoms with van der Waals surface area (Å²) in [5.74, 6) is 0.488. The molecule has 9 heteroatoms. The molecule has 28 heavy (non-hydrogen) atoms. The lowest BCUT2D eigenvalue weighted by Gasteiger charge is -2.34. The quantitative estimate of drug-likeness (QED) is 0.636. The Balaban J connectivity index is 1.37. The second-order valence-electron chi connectivity index (χ2n) is 6.37. The first-order chi connectivity index (χ1) is 13.5. The third-order valence-electron chi connectivity index (χ3n) is 4.64. The van der Waals surface area contributed by atoms with Crippen LogP contribution in [0.2, 0.25) is 0 Å². The molecule has 1 fully saturated rings. The number of ether oxygens (including phenoxy) is 1. The van der Waals surface area contributed by atoms with Crippen molar-refractivity contribution in [2.24, 2.45) is 0 Å². The Labute approximate surface area is 167 Å². The van der Waals surface area contributed by atoms with E-state index >= 15 is 0 Å². The molecule has 0 bridgehead atoms. The molecule has 146 valence electrons. The molecule has 2 aromatic carbocycles. The lowest BCUT2D eigenvalue weighted by molar-refractivity contribution is -0.134. The summed E-state index contributed by atoms with van der Waals surface area (Å²) in [5, 5.41) is 0. The Bertz CT molecular complexity index is 1070. The molecule has 4 rings (SSSR count). The number of carbonyl (C=O) groups excluding carboxylic acids is 1. The standard InChI is InChI=1S/C19H19N3O4S2/c23-19(13-26-15-4-2-1-3-5-15)21-8-10-22(11-9-21)28(24,25)16-6-7-17-18(12-16)27-14-20-17/h1-7,12,14H,8-11,13H2. The van der Waals surface area contributed by atoms with E-state index < -0.39 is 10.0 Å². The summed E-state index contributed by atoms with van der Waals surface area (Å²) in [4.78, 5) is 18.4. The van der Waals surface area contributed by atoms with Gasteiger partial charge in [0.1, 0.15) is 5.75 Å². The van der Waals surface area contributed by atoms with Gasteiger partial charge in [-0.1, -0.05) is 18.2 Å². The van der Waals surface area contributed by atoms with Crippen molar-refractivity contribution in [3.05, 3.63) is 54.0 Å². The van der Waals surface area contributed by atoms with Gasteiger partial charge in [0.15, 0.2) is 6.61 Å². The van der Waals surface area contributed by atoms with E-state index in [9.17, 15) is 13.2 Å². The third kappa shape index (κ3) is 3.87. The Hall–Kier alpha value is -2.49. The van der Waals surface area contributed by atoms with E-state index in [4.69, 9.17) is 4.74 Å². The van der Waals surface area contributed by atoms with Crippen LogP contribution in [0.15, 0.2) is 58.9 Å². The van der Waals surface area contributed by atoms with Crippen LogP contribution < -0.4 is 4.74 Å². The molecule has 1 aromatic heterocycles. The second kappa shape index (κ2) is 7.86. The third-order valence-corrected chi connectivity index (χ3v) is 7.32. The molecule has 7 nitrogen and oxygen atoms in total. The van der Waals surface area contributed by atoms with Gasteiger partial charge in [0, 0.05) is 26.2 Å². The minimum absolute atomic E-state index is 0.0567. The Morgan fingerprint density at radius 3 is 2.57 bits per heavy atom. The molecule has 3 aromatic rings. The van der Waals surface area contributed by atoms with Gasteiger partial charge in [-0.05, 0) is 30.3 Å². The number of aromatic nitrogens is 1. The monoisotopic (exact) mass is 417 g/mol. The van der Waals surface area contributed by atoms with E-state index in [1.54, 1.807) is 40.7 Å². The normalized spacial score (nSPS) is 15.6. The summed E-state index contributed by atoms with van der Waals surface area (Å²) in [6.45, 7) is 1.16. The van der Waals surface area contributed by atoms with E-state index in [1.165, 1.54) is 15.6 Å². The van der Waals surface area contributed by atoms with Crippen molar-refractivity contribution in [1.82, 2.24) is 14.2 Å². The Morgan fingerprint density at radius 2 is 1.82 bits per heavy atom. The molecular weight excluding hydrogens is 398 g/mol. The second-order valence-corrected chi connectivity index (χ2v) is 9.19. The van der Waals surface area contributed by atoms with Crippen molar-refractivity contribution in [1.29, 1.82) is 0 Å². The summed E-state index contributed by atoms with van der Waals surface area (Å²) in [7, 11) is -3.59. The Morgan fingerprint density at radius 1 is 1.07 bits per heavy atom. The molecule has 1 aliphatic heterocycles. The molecule has 0 atom stereocenters. The highest BCUT2D eigenvalue weighted by molar-refractivity contribution is 7.89. The number of para-hydroxylation sites is 1. The number of hydrogen-bond acceptors (Lipinski definition) is 6. The number of sulfonamides is 1. The van der Waals surface area contributed by atoms with Crippen LogP contribution in [0.1, 0.15) is 0 Å². The van der Waals surface area contributed by atoms with Gasteiger partial charge in [0.25, 0.3) is 5.91 Å². The van der Waals surface area contributed by atoms with Crippen molar-refractivity contribution in [3.8, 4) is 5.75 Å². The fraction of sp³-hybridized carbons (Fsp3) is 0.263. The van der Waals surface area contributed by atoms with Crippen molar-refractivity contribution < 1.29 is 17.9 Å². The van der Waals surface area contributed by atoms with Crippen molar-refractivity contribution in [3.63, 3.8) is 0 Å². The van der Waals surface area contributed by atoms with Gasteiger partial charge < -0.3 is 9.64 Å². The smallest absolute Gasteiger partial charge is 0.260 e. The zero-order valence-electron chi connectivity index (χ0n) is 15.0. The number of thiazole rings is 1. The zero-order valence-corrected chi connectivity index (χ0v) is 16.7. The Kier molecular flexibility index (Phi) is 5.29. The molecule has 1 saturated heterocycles. The predicted molar refractivity (Wildman–Crippen MR) is 107 cm³/mol.